The topological polar surface area (TPSA) is 54.4 Å². The molecule has 0 aliphatic carbocycles. The van der Waals surface area contributed by atoms with Gasteiger partial charge in [0, 0.05) is 12.3 Å². The summed E-state index contributed by atoms with van der Waals surface area (Å²) in [6, 6.07) is 0. The van der Waals surface area contributed by atoms with E-state index in [2.05, 4.69) is 0 Å². The second kappa shape index (κ2) is 4.17. The molecule has 58 valence electrons. The highest BCUT2D eigenvalue weighted by Crippen LogP contribution is 2.02. The number of ketones is 2. The molecule has 0 aliphatic rings. The lowest BCUT2D eigenvalue weighted by Gasteiger charge is -2.03. The van der Waals surface area contributed by atoms with E-state index in [9.17, 15) is 9.59 Å². The van der Waals surface area contributed by atoms with Crippen LogP contribution in [0.3, 0.4) is 0 Å². The maximum Gasteiger partial charge on any atom is 0.161 e. The Morgan fingerprint density at radius 2 is 2.00 bits per heavy atom. The second-order valence-electron chi connectivity index (χ2n) is 2.43. The van der Waals surface area contributed by atoms with Crippen LogP contribution >= 0.6 is 0 Å². The molecule has 0 rings (SSSR count). The van der Waals surface area contributed by atoms with Crippen LogP contribution < -0.4 is 0 Å². The summed E-state index contributed by atoms with van der Waals surface area (Å²) >= 11 is 0. The molecule has 1 atom stereocenters. The summed E-state index contributed by atoms with van der Waals surface area (Å²) in [6.07, 6.45) is 0.236. The number of Topliss-reactive ketones (excluding diaryl/α,β-unsaturated/α-hetero) is 2. The molecule has 0 heterocycles. The van der Waals surface area contributed by atoms with E-state index < -0.39 is 6.61 Å². The standard InChI is InChI=1S/C7H12O3/c1-5(3-6(2)9)7(10)4-8/h5,8H,3-4H2,1-2H3. The van der Waals surface area contributed by atoms with Crippen molar-refractivity contribution >= 4 is 11.6 Å². The summed E-state index contributed by atoms with van der Waals surface area (Å²) in [6.45, 7) is 2.61. The molecular weight excluding hydrogens is 132 g/mol. The van der Waals surface area contributed by atoms with Crippen molar-refractivity contribution in [1.29, 1.82) is 0 Å². The van der Waals surface area contributed by atoms with Gasteiger partial charge in [0.25, 0.3) is 0 Å². The fourth-order valence-corrected chi connectivity index (χ4v) is 0.701. The van der Waals surface area contributed by atoms with E-state index in [1.807, 2.05) is 0 Å². The third-order valence-electron chi connectivity index (χ3n) is 1.30. The fraction of sp³-hybridized carbons (Fsp3) is 0.714. The Morgan fingerprint density at radius 1 is 1.50 bits per heavy atom. The zero-order valence-corrected chi connectivity index (χ0v) is 6.26. The van der Waals surface area contributed by atoms with Crippen molar-refractivity contribution in [3.63, 3.8) is 0 Å². The molecule has 1 N–H and O–H groups in total. The number of carbonyl (C=O) groups excluding carboxylic acids is 2. The molecule has 0 aliphatic heterocycles. The number of carbonyl (C=O) groups is 2. The molecule has 0 amide bonds. The van der Waals surface area contributed by atoms with Gasteiger partial charge in [-0.2, -0.15) is 0 Å². The summed E-state index contributed by atoms with van der Waals surface area (Å²) in [4.78, 5) is 21.1. The molecule has 0 fully saturated rings. The van der Waals surface area contributed by atoms with E-state index in [4.69, 9.17) is 5.11 Å². The average Bonchev–Trinajstić information content (AvgIpc) is 1.85. The smallest absolute Gasteiger partial charge is 0.161 e. The van der Waals surface area contributed by atoms with Gasteiger partial charge in [0.1, 0.15) is 12.4 Å². The average molecular weight is 144 g/mol. The van der Waals surface area contributed by atoms with Gasteiger partial charge >= 0.3 is 0 Å². The van der Waals surface area contributed by atoms with Gasteiger partial charge in [-0.3, -0.25) is 4.79 Å². The number of hydrogen-bond acceptors (Lipinski definition) is 3. The molecule has 0 saturated heterocycles. The highest BCUT2D eigenvalue weighted by Gasteiger charge is 2.12. The Kier molecular flexibility index (Phi) is 3.88. The van der Waals surface area contributed by atoms with Crippen LogP contribution in [0.15, 0.2) is 0 Å². The molecular formula is C7H12O3. The number of hydrogen-bond donors (Lipinski definition) is 1. The summed E-state index contributed by atoms with van der Waals surface area (Å²) in [5.41, 5.74) is 0. The molecule has 0 radical (unpaired) electrons. The van der Waals surface area contributed by atoms with Crippen LogP contribution in [0.2, 0.25) is 0 Å². The predicted molar refractivity (Wildman–Crippen MR) is 36.6 cm³/mol. The van der Waals surface area contributed by atoms with Crippen LogP contribution in [-0.2, 0) is 9.59 Å². The van der Waals surface area contributed by atoms with Gasteiger partial charge in [0.15, 0.2) is 5.78 Å². The van der Waals surface area contributed by atoms with E-state index in [0.29, 0.717) is 0 Å². The maximum absolute atomic E-state index is 10.6. The van der Waals surface area contributed by atoms with E-state index in [-0.39, 0.29) is 23.9 Å². The number of aliphatic hydroxyl groups excluding tert-OH is 1. The van der Waals surface area contributed by atoms with Crippen LogP contribution in [-0.4, -0.2) is 23.3 Å². The highest BCUT2D eigenvalue weighted by atomic mass is 16.3. The minimum Gasteiger partial charge on any atom is -0.389 e. The molecule has 10 heavy (non-hydrogen) atoms. The predicted octanol–water partition coefficient (Wildman–Crippen LogP) is 0.163. The van der Waals surface area contributed by atoms with Gasteiger partial charge in [0.2, 0.25) is 0 Å². The first kappa shape index (κ1) is 9.30. The van der Waals surface area contributed by atoms with Gasteiger partial charge < -0.3 is 9.90 Å². The quantitative estimate of drug-likeness (QED) is 0.611. The summed E-state index contributed by atoms with van der Waals surface area (Å²) in [7, 11) is 0. The van der Waals surface area contributed by atoms with Gasteiger partial charge in [-0.15, -0.1) is 0 Å². The van der Waals surface area contributed by atoms with Crippen LogP contribution in [0.1, 0.15) is 20.3 Å². The SMILES string of the molecule is CC(=O)CC(C)C(=O)CO. The second-order valence-corrected chi connectivity index (χ2v) is 2.43. The zero-order valence-electron chi connectivity index (χ0n) is 6.26. The van der Waals surface area contributed by atoms with Gasteiger partial charge in [0.05, 0.1) is 0 Å². The fourth-order valence-electron chi connectivity index (χ4n) is 0.701. The van der Waals surface area contributed by atoms with Crippen molar-refractivity contribution in [3.8, 4) is 0 Å². The molecule has 0 aromatic heterocycles. The van der Waals surface area contributed by atoms with Gasteiger partial charge in [-0.25, -0.2) is 0 Å². The van der Waals surface area contributed by atoms with E-state index >= 15 is 0 Å². The van der Waals surface area contributed by atoms with Crippen molar-refractivity contribution in [1.82, 2.24) is 0 Å². The Morgan fingerprint density at radius 3 is 2.30 bits per heavy atom. The first-order valence-corrected chi connectivity index (χ1v) is 3.21. The van der Waals surface area contributed by atoms with Gasteiger partial charge in [-0.05, 0) is 6.92 Å². The van der Waals surface area contributed by atoms with Crippen LogP contribution in [0.5, 0.6) is 0 Å². The Bertz CT molecular complexity index is 140. The Balaban J connectivity index is 3.72. The molecule has 0 aromatic rings. The van der Waals surface area contributed by atoms with Crippen molar-refractivity contribution in [2.24, 2.45) is 5.92 Å². The third kappa shape index (κ3) is 3.35. The lowest BCUT2D eigenvalue weighted by atomic mass is 10.0. The van der Waals surface area contributed by atoms with Crippen LogP contribution in [0, 0.1) is 5.92 Å². The first-order valence-electron chi connectivity index (χ1n) is 3.21. The van der Waals surface area contributed by atoms with E-state index in [1.54, 1.807) is 6.92 Å². The number of aliphatic hydroxyl groups is 1. The molecule has 0 spiro atoms. The third-order valence-corrected chi connectivity index (χ3v) is 1.30. The van der Waals surface area contributed by atoms with Crippen LogP contribution in [0.25, 0.3) is 0 Å². The molecule has 0 aromatic carbocycles. The van der Waals surface area contributed by atoms with E-state index in [0.717, 1.165) is 0 Å². The molecule has 1 unspecified atom stereocenters. The molecule has 3 heteroatoms. The minimum absolute atomic E-state index is 0.0192. The summed E-state index contributed by atoms with van der Waals surface area (Å²) < 4.78 is 0. The lowest BCUT2D eigenvalue weighted by molar-refractivity contribution is -0.128. The summed E-state index contributed by atoms with van der Waals surface area (Å²) in [5, 5.41) is 8.36. The van der Waals surface area contributed by atoms with E-state index in [1.165, 1.54) is 6.92 Å². The van der Waals surface area contributed by atoms with Crippen molar-refractivity contribution in [2.45, 2.75) is 20.3 Å². The molecule has 3 nitrogen and oxygen atoms in total. The maximum atomic E-state index is 10.6. The largest absolute Gasteiger partial charge is 0.389 e. The number of rotatable bonds is 4. The van der Waals surface area contributed by atoms with Gasteiger partial charge in [-0.1, -0.05) is 6.92 Å². The normalized spacial score (nSPS) is 12.7. The van der Waals surface area contributed by atoms with Crippen LogP contribution in [0.4, 0.5) is 0 Å². The van der Waals surface area contributed by atoms with Crippen molar-refractivity contribution in [3.05, 3.63) is 0 Å². The first-order chi connectivity index (χ1) is 4.57. The Hall–Kier alpha value is -0.700. The van der Waals surface area contributed by atoms with Crippen molar-refractivity contribution < 1.29 is 14.7 Å². The molecule has 0 saturated carbocycles. The molecule has 0 bridgehead atoms. The van der Waals surface area contributed by atoms with Crippen molar-refractivity contribution in [2.75, 3.05) is 6.61 Å². The lowest BCUT2D eigenvalue weighted by Crippen LogP contribution is -2.17. The monoisotopic (exact) mass is 144 g/mol. The highest BCUT2D eigenvalue weighted by molar-refractivity contribution is 5.87. The zero-order chi connectivity index (χ0) is 8.15. The Labute approximate surface area is 60.0 Å². The summed E-state index contributed by atoms with van der Waals surface area (Å²) in [5.74, 6) is -0.619. The minimum atomic E-state index is -0.464.